The zero-order valence-electron chi connectivity index (χ0n) is 10.8. The van der Waals surface area contributed by atoms with Crippen LogP contribution in [0.4, 0.5) is 0 Å². The number of amides is 1. The van der Waals surface area contributed by atoms with E-state index in [1.54, 1.807) is 0 Å². The van der Waals surface area contributed by atoms with Crippen LogP contribution in [-0.4, -0.2) is 29.9 Å². The maximum Gasteiger partial charge on any atom is 0.226 e. The summed E-state index contributed by atoms with van der Waals surface area (Å²) in [4.78, 5) is 14.6. The molecule has 0 heterocycles. The second-order valence-electron chi connectivity index (χ2n) is 5.26. The van der Waals surface area contributed by atoms with Crippen LogP contribution in [0.5, 0.6) is 0 Å². The van der Waals surface area contributed by atoms with Crippen LogP contribution >= 0.6 is 0 Å². The SMILES string of the molecule is CCN(C(=O)C1CC=CC1)C1CCCC1CN. The first-order valence-electron chi connectivity index (χ1n) is 6.93. The highest BCUT2D eigenvalue weighted by Gasteiger charge is 2.35. The van der Waals surface area contributed by atoms with Crippen LogP contribution in [0.2, 0.25) is 0 Å². The topological polar surface area (TPSA) is 46.3 Å². The predicted molar refractivity (Wildman–Crippen MR) is 69.4 cm³/mol. The Balaban J connectivity index is 2.02. The molecule has 3 heteroatoms. The average molecular weight is 236 g/mol. The molecule has 0 radical (unpaired) electrons. The lowest BCUT2D eigenvalue weighted by Crippen LogP contribution is -2.46. The standard InChI is InChI=1S/C14H24N2O/c1-2-16(13-9-5-8-12(13)10-15)14(17)11-6-3-4-7-11/h3-4,11-13H,2,5-10,15H2,1H3. The molecule has 1 fully saturated rings. The van der Waals surface area contributed by atoms with Gasteiger partial charge in [-0.3, -0.25) is 4.79 Å². The molecule has 0 aromatic carbocycles. The van der Waals surface area contributed by atoms with E-state index in [0.717, 1.165) is 32.4 Å². The summed E-state index contributed by atoms with van der Waals surface area (Å²) in [6.45, 7) is 3.64. The summed E-state index contributed by atoms with van der Waals surface area (Å²) >= 11 is 0. The van der Waals surface area contributed by atoms with Crippen molar-refractivity contribution in [2.75, 3.05) is 13.1 Å². The molecule has 0 spiro atoms. The van der Waals surface area contributed by atoms with E-state index in [9.17, 15) is 4.79 Å². The summed E-state index contributed by atoms with van der Waals surface area (Å²) in [6, 6.07) is 0.401. The number of carbonyl (C=O) groups excluding carboxylic acids is 1. The molecule has 2 atom stereocenters. The molecule has 2 rings (SSSR count). The van der Waals surface area contributed by atoms with Crippen LogP contribution in [0.1, 0.15) is 39.0 Å². The van der Waals surface area contributed by atoms with Gasteiger partial charge in [0, 0.05) is 18.5 Å². The van der Waals surface area contributed by atoms with Gasteiger partial charge < -0.3 is 10.6 Å². The summed E-state index contributed by atoms with van der Waals surface area (Å²) in [5.41, 5.74) is 5.82. The Bertz CT molecular complexity index is 293. The van der Waals surface area contributed by atoms with Gasteiger partial charge in [0.05, 0.1) is 0 Å². The van der Waals surface area contributed by atoms with Gasteiger partial charge >= 0.3 is 0 Å². The Labute approximate surface area is 104 Å². The lowest BCUT2D eigenvalue weighted by Gasteiger charge is -2.33. The minimum atomic E-state index is 0.203. The van der Waals surface area contributed by atoms with E-state index in [1.165, 1.54) is 12.8 Å². The van der Waals surface area contributed by atoms with Crippen LogP contribution in [-0.2, 0) is 4.79 Å². The molecule has 17 heavy (non-hydrogen) atoms. The van der Waals surface area contributed by atoms with Gasteiger partial charge in [0.25, 0.3) is 0 Å². The van der Waals surface area contributed by atoms with Gasteiger partial charge in [0.1, 0.15) is 0 Å². The van der Waals surface area contributed by atoms with E-state index < -0.39 is 0 Å². The number of allylic oxidation sites excluding steroid dienone is 2. The average Bonchev–Trinajstić information content (AvgIpc) is 3.01. The summed E-state index contributed by atoms with van der Waals surface area (Å²) < 4.78 is 0. The first-order valence-corrected chi connectivity index (χ1v) is 6.93. The lowest BCUT2D eigenvalue weighted by atomic mass is 9.99. The monoisotopic (exact) mass is 236 g/mol. The summed E-state index contributed by atoms with van der Waals surface area (Å²) in [6.07, 6.45) is 9.66. The van der Waals surface area contributed by atoms with Crippen LogP contribution in [0.15, 0.2) is 12.2 Å². The summed E-state index contributed by atoms with van der Waals surface area (Å²) in [5.74, 6) is 1.07. The number of nitrogens with two attached hydrogens (primary N) is 1. The van der Waals surface area contributed by atoms with Crippen molar-refractivity contribution in [2.24, 2.45) is 17.6 Å². The molecule has 0 bridgehead atoms. The number of nitrogens with zero attached hydrogens (tertiary/aromatic N) is 1. The van der Waals surface area contributed by atoms with Gasteiger partial charge in [-0.05, 0) is 45.1 Å². The molecular weight excluding hydrogens is 212 g/mol. The van der Waals surface area contributed by atoms with Crippen LogP contribution in [0.25, 0.3) is 0 Å². The Morgan fingerprint density at radius 1 is 1.35 bits per heavy atom. The fraction of sp³-hybridized carbons (Fsp3) is 0.786. The molecule has 3 nitrogen and oxygen atoms in total. The van der Waals surface area contributed by atoms with E-state index in [4.69, 9.17) is 5.73 Å². The number of rotatable bonds is 4. The molecule has 1 amide bonds. The highest BCUT2D eigenvalue weighted by Crippen LogP contribution is 2.31. The fourth-order valence-corrected chi connectivity index (χ4v) is 3.31. The van der Waals surface area contributed by atoms with E-state index in [1.807, 2.05) is 0 Å². The highest BCUT2D eigenvalue weighted by atomic mass is 16.2. The van der Waals surface area contributed by atoms with E-state index in [0.29, 0.717) is 17.9 Å². The predicted octanol–water partition coefficient (Wildman–Crippen LogP) is 1.93. The quantitative estimate of drug-likeness (QED) is 0.758. The van der Waals surface area contributed by atoms with Gasteiger partial charge in [0.15, 0.2) is 0 Å². The third kappa shape index (κ3) is 2.54. The maximum absolute atomic E-state index is 12.5. The molecule has 2 unspecified atom stereocenters. The maximum atomic E-state index is 12.5. The third-order valence-electron chi connectivity index (χ3n) is 4.30. The van der Waals surface area contributed by atoms with Gasteiger partial charge in [-0.1, -0.05) is 18.6 Å². The molecule has 2 aliphatic rings. The highest BCUT2D eigenvalue weighted by molar-refractivity contribution is 5.80. The van der Waals surface area contributed by atoms with Gasteiger partial charge in [-0.15, -0.1) is 0 Å². The van der Waals surface area contributed by atoms with Crippen LogP contribution in [0, 0.1) is 11.8 Å². The first-order chi connectivity index (χ1) is 8.27. The molecule has 1 saturated carbocycles. The van der Waals surface area contributed by atoms with Crippen molar-refractivity contribution >= 4 is 5.91 Å². The Hall–Kier alpha value is -0.830. The number of hydrogen-bond acceptors (Lipinski definition) is 2. The Kier molecular flexibility index (Phi) is 4.21. The third-order valence-corrected chi connectivity index (χ3v) is 4.30. The smallest absolute Gasteiger partial charge is 0.226 e. The zero-order valence-corrected chi connectivity index (χ0v) is 10.8. The summed E-state index contributed by atoms with van der Waals surface area (Å²) in [5, 5.41) is 0. The van der Waals surface area contributed by atoms with Crippen LogP contribution in [0.3, 0.4) is 0 Å². The van der Waals surface area contributed by atoms with Crippen molar-refractivity contribution in [1.82, 2.24) is 4.90 Å². The van der Waals surface area contributed by atoms with E-state index in [-0.39, 0.29) is 5.92 Å². The molecule has 0 aromatic heterocycles. The number of carbonyl (C=O) groups is 1. The molecule has 0 saturated heterocycles. The lowest BCUT2D eigenvalue weighted by molar-refractivity contribution is -0.138. The fourth-order valence-electron chi connectivity index (χ4n) is 3.31. The van der Waals surface area contributed by atoms with Gasteiger partial charge in [-0.2, -0.15) is 0 Å². The minimum absolute atomic E-state index is 0.203. The molecule has 0 aromatic rings. The van der Waals surface area contributed by atoms with Crippen molar-refractivity contribution in [3.05, 3.63) is 12.2 Å². The Morgan fingerprint density at radius 2 is 2.06 bits per heavy atom. The van der Waals surface area contributed by atoms with Crippen molar-refractivity contribution < 1.29 is 4.79 Å². The minimum Gasteiger partial charge on any atom is -0.339 e. The zero-order chi connectivity index (χ0) is 12.3. The largest absolute Gasteiger partial charge is 0.339 e. The molecule has 96 valence electrons. The van der Waals surface area contributed by atoms with Crippen molar-refractivity contribution in [2.45, 2.75) is 45.1 Å². The van der Waals surface area contributed by atoms with E-state index in [2.05, 4.69) is 24.0 Å². The van der Waals surface area contributed by atoms with Gasteiger partial charge in [-0.25, -0.2) is 0 Å². The molecule has 0 aliphatic heterocycles. The van der Waals surface area contributed by atoms with Crippen molar-refractivity contribution in [3.63, 3.8) is 0 Å². The van der Waals surface area contributed by atoms with E-state index >= 15 is 0 Å². The molecule has 2 N–H and O–H groups in total. The van der Waals surface area contributed by atoms with Crippen LogP contribution < -0.4 is 5.73 Å². The normalized spacial score (nSPS) is 28.8. The Morgan fingerprint density at radius 3 is 2.65 bits per heavy atom. The second kappa shape index (κ2) is 5.67. The number of hydrogen-bond donors (Lipinski definition) is 1. The van der Waals surface area contributed by atoms with Gasteiger partial charge in [0.2, 0.25) is 5.91 Å². The second-order valence-corrected chi connectivity index (χ2v) is 5.26. The summed E-state index contributed by atoms with van der Waals surface area (Å²) in [7, 11) is 0. The van der Waals surface area contributed by atoms with Crippen molar-refractivity contribution in [1.29, 1.82) is 0 Å². The molecule has 2 aliphatic carbocycles. The molecular formula is C14H24N2O. The first kappa shape index (κ1) is 12.6. The van der Waals surface area contributed by atoms with Crippen molar-refractivity contribution in [3.8, 4) is 0 Å².